The second-order valence-electron chi connectivity index (χ2n) is 7.33. The Hall–Kier alpha value is -2.43. The molecule has 2 heterocycles. The van der Waals surface area contributed by atoms with Crippen molar-refractivity contribution in [2.24, 2.45) is 11.3 Å². The number of aromatic nitrogens is 1. The molecule has 0 spiro atoms. The molecule has 1 aromatic heterocycles. The first-order valence-electron chi connectivity index (χ1n) is 8.45. The van der Waals surface area contributed by atoms with Crippen molar-refractivity contribution in [1.29, 1.82) is 0 Å². The lowest BCUT2D eigenvalue weighted by Crippen LogP contribution is -2.32. The van der Waals surface area contributed by atoms with E-state index in [1.807, 2.05) is 30.9 Å². The van der Waals surface area contributed by atoms with Gasteiger partial charge in [0.1, 0.15) is 0 Å². The molecule has 24 heavy (non-hydrogen) atoms. The Morgan fingerprint density at radius 2 is 2.00 bits per heavy atom. The van der Waals surface area contributed by atoms with Crippen LogP contribution >= 0.6 is 0 Å². The van der Waals surface area contributed by atoms with Gasteiger partial charge in [0.15, 0.2) is 0 Å². The zero-order valence-corrected chi connectivity index (χ0v) is 14.0. The van der Waals surface area contributed by atoms with Crippen molar-refractivity contribution < 1.29 is 9.59 Å². The summed E-state index contributed by atoms with van der Waals surface area (Å²) in [6.45, 7) is 4.06. The summed E-state index contributed by atoms with van der Waals surface area (Å²) in [6, 6.07) is 3.73. The number of allylic oxidation sites excluding steroid dienone is 3. The largest absolute Gasteiger partial charge is 0.322 e. The second-order valence-corrected chi connectivity index (χ2v) is 7.33. The second kappa shape index (κ2) is 5.30. The summed E-state index contributed by atoms with van der Waals surface area (Å²) >= 11 is 0. The molecule has 1 aliphatic heterocycles. The Kier molecular flexibility index (Phi) is 3.34. The molecule has 5 nitrogen and oxygen atoms in total. The van der Waals surface area contributed by atoms with Gasteiger partial charge in [0.25, 0.3) is 5.91 Å². The summed E-state index contributed by atoms with van der Waals surface area (Å²) in [5.41, 5.74) is 2.05. The van der Waals surface area contributed by atoms with Gasteiger partial charge in [-0.15, -0.1) is 0 Å². The minimum Gasteiger partial charge on any atom is -0.322 e. The van der Waals surface area contributed by atoms with Crippen LogP contribution in [0.2, 0.25) is 0 Å². The Morgan fingerprint density at radius 3 is 2.67 bits per heavy atom. The van der Waals surface area contributed by atoms with E-state index in [1.165, 1.54) is 0 Å². The van der Waals surface area contributed by atoms with Crippen LogP contribution in [0.1, 0.15) is 43.5 Å². The molecule has 0 radical (unpaired) electrons. The van der Waals surface area contributed by atoms with Gasteiger partial charge in [0, 0.05) is 41.3 Å². The van der Waals surface area contributed by atoms with Crippen molar-refractivity contribution in [1.82, 2.24) is 15.2 Å². The number of hydrogen-bond donors (Lipinski definition) is 1. The number of likely N-dealkylation sites (tertiary alicyclic amines) is 1. The van der Waals surface area contributed by atoms with E-state index in [4.69, 9.17) is 0 Å². The van der Waals surface area contributed by atoms with Crippen LogP contribution in [0, 0.1) is 11.3 Å². The van der Waals surface area contributed by atoms with E-state index in [0.29, 0.717) is 11.6 Å². The lowest BCUT2D eigenvalue weighted by atomic mass is 9.76. The molecule has 2 amide bonds. The fraction of sp³-hybridized carbons (Fsp3) is 0.421. The fourth-order valence-corrected chi connectivity index (χ4v) is 3.67. The Morgan fingerprint density at radius 1 is 1.29 bits per heavy atom. The first kappa shape index (κ1) is 15.1. The number of nitrogens with one attached hydrogen (secondary N) is 1. The van der Waals surface area contributed by atoms with Crippen LogP contribution < -0.4 is 5.32 Å². The topological polar surface area (TPSA) is 62.3 Å². The molecule has 2 fully saturated rings. The van der Waals surface area contributed by atoms with Crippen molar-refractivity contribution >= 4 is 11.8 Å². The third-order valence-corrected chi connectivity index (χ3v) is 5.27. The van der Waals surface area contributed by atoms with Crippen molar-refractivity contribution in [3.63, 3.8) is 0 Å². The molecule has 1 N–H and O–H groups in total. The quantitative estimate of drug-likeness (QED) is 0.930. The number of pyridine rings is 1. The predicted molar refractivity (Wildman–Crippen MR) is 89.6 cm³/mol. The maximum Gasteiger partial charge on any atom is 0.255 e. The molecule has 1 atom stereocenters. The van der Waals surface area contributed by atoms with E-state index in [2.05, 4.69) is 10.3 Å². The van der Waals surface area contributed by atoms with E-state index in [0.717, 1.165) is 30.7 Å². The van der Waals surface area contributed by atoms with Gasteiger partial charge in [-0.25, -0.2) is 0 Å². The Labute approximate surface area is 141 Å². The molecule has 0 aromatic carbocycles. The number of carbonyl (C=O) groups is 2. The highest BCUT2D eigenvalue weighted by atomic mass is 16.2. The van der Waals surface area contributed by atoms with Crippen LogP contribution in [0.4, 0.5) is 0 Å². The van der Waals surface area contributed by atoms with Gasteiger partial charge in [0.2, 0.25) is 5.91 Å². The fourth-order valence-electron chi connectivity index (χ4n) is 3.67. The lowest BCUT2D eigenvalue weighted by Gasteiger charge is -2.26. The van der Waals surface area contributed by atoms with Crippen molar-refractivity contribution in [2.45, 2.75) is 39.2 Å². The number of rotatable bonds is 3. The summed E-state index contributed by atoms with van der Waals surface area (Å²) in [7, 11) is 0. The van der Waals surface area contributed by atoms with E-state index in [1.54, 1.807) is 24.5 Å². The minimum atomic E-state index is -0.369. The molecule has 1 saturated heterocycles. The van der Waals surface area contributed by atoms with Crippen LogP contribution in [0.15, 0.2) is 48.1 Å². The number of nitrogens with zero attached hydrogens (tertiary/aromatic N) is 2. The molecule has 1 saturated carbocycles. The summed E-state index contributed by atoms with van der Waals surface area (Å²) in [6.07, 6.45) is 10.1. The third kappa shape index (κ3) is 2.35. The van der Waals surface area contributed by atoms with Crippen molar-refractivity contribution in [3.8, 4) is 0 Å². The van der Waals surface area contributed by atoms with Crippen LogP contribution in [0.25, 0.3) is 0 Å². The van der Waals surface area contributed by atoms with Gasteiger partial charge in [0.05, 0.1) is 5.41 Å². The summed E-state index contributed by atoms with van der Waals surface area (Å²) < 4.78 is 0. The highest BCUT2D eigenvalue weighted by Gasteiger charge is 2.54. The van der Waals surface area contributed by atoms with Gasteiger partial charge < -0.3 is 10.2 Å². The van der Waals surface area contributed by atoms with Crippen LogP contribution in [-0.4, -0.2) is 27.7 Å². The van der Waals surface area contributed by atoms with Crippen LogP contribution in [0.3, 0.4) is 0 Å². The van der Waals surface area contributed by atoms with Crippen molar-refractivity contribution in [2.75, 3.05) is 0 Å². The number of fused-ring (bicyclic) bond motifs is 1. The van der Waals surface area contributed by atoms with E-state index in [9.17, 15) is 9.59 Å². The molecule has 1 unspecified atom stereocenters. The van der Waals surface area contributed by atoms with Gasteiger partial charge >= 0.3 is 0 Å². The smallest absolute Gasteiger partial charge is 0.255 e. The standard InChI is InChI=1S/C19H21N3O2/c1-19(2)15-6-3-13(21-17(23)12-7-9-20-10-8-12)11-16(15)22(18(19)24)14-4-5-14/h3,7-11,14-15H,4-6H2,1-2H3,(H,21,23). The van der Waals surface area contributed by atoms with E-state index in [-0.39, 0.29) is 23.1 Å². The van der Waals surface area contributed by atoms with Gasteiger partial charge in [-0.05, 0) is 37.5 Å². The maximum atomic E-state index is 12.8. The molecule has 2 aliphatic carbocycles. The molecule has 124 valence electrons. The number of amides is 2. The molecular formula is C19H21N3O2. The lowest BCUT2D eigenvalue weighted by molar-refractivity contribution is -0.135. The molecule has 3 aliphatic rings. The molecule has 4 rings (SSSR count). The summed E-state index contributed by atoms with van der Waals surface area (Å²) in [5, 5.41) is 2.95. The van der Waals surface area contributed by atoms with Crippen molar-refractivity contribution in [3.05, 3.63) is 53.6 Å². The molecule has 5 heteroatoms. The van der Waals surface area contributed by atoms with Gasteiger partial charge in [-0.3, -0.25) is 14.6 Å². The minimum absolute atomic E-state index is 0.152. The molecule has 1 aromatic rings. The Bertz CT molecular complexity index is 760. The number of carbonyl (C=O) groups excluding carboxylic acids is 2. The van der Waals surface area contributed by atoms with E-state index >= 15 is 0 Å². The molecule has 0 bridgehead atoms. The summed E-state index contributed by atoms with van der Waals surface area (Å²) in [5.74, 6) is 0.268. The van der Waals surface area contributed by atoms with E-state index < -0.39 is 0 Å². The zero-order valence-electron chi connectivity index (χ0n) is 14.0. The first-order chi connectivity index (χ1) is 11.5. The zero-order chi connectivity index (χ0) is 16.9. The number of hydrogen-bond acceptors (Lipinski definition) is 3. The monoisotopic (exact) mass is 323 g/mol. The molecular weight excluding hydrogens is 302 g/mol. The highest BCUT2D eigenvalue weighted by Crippen LogP contribution is 2.51. The average Bonchev–Trinajstić information content (AvgIpc) is 3.38. The predicted octanol–water partition coefficient (Wildman–Crippen LogP) is 2.63. The van der Waals surface area contributed by atoms with Crippen LogP contribution in [0.5, 0.6) is 0 Å². The SMILES string of the molecule is CC1(C)C(=O)N(C2CC2)C2=CC(NC(=O)c3ccncc3)=CCC21. The normalized spacial score (nSPS) is 25.0. The van der Waals surface area contributed by atoms with Gasteiger partial charge in [-0.1, -0.05) is 19.9 Å². The third-order valence-electron chi connectivity index (χ3n) is 5.27. The summed E-state index contributed by atoms with van der Waals surface area (Å²) in [4.78, 5) is 31.0. The van der Waals surface area contributed by atoms with Crippen LogP contribution in [-0.2, 0) is 4.79 Å². The van der Waals surface area contributed by atoms with Gasteiger partial charge in [-0.2, -0.15) is 0 Å². The first-order valence-corrected chi connectivity index (χ1v) is 8.45. The maximum absolute atomic E-state index is 12.8. The Balaban J connectivity index is 1.59. The average molecular weight is 323 g/mol. The highest BCUT2D eigenvalue weighted by molar-refractivity contribution is 5.95.